The van der Waals surface area contributed by atoms with Crippen LogP contribution < -0.4 is 10.5 Å². The van der Waals surface area contributed by atoms with Crippen LogP contribution in [-0.4, -0.2) is 13.7 Å². The molecule has 1 unspecified atom stereocenters. The highest BCUT2D eigenvalue weighted by molar-refractivity contribution is 7.80. The highest BCUT2D eigenvalue weighted by Gasteiger charge is 2.11. The van der Waals surface area contributed by atoms with Crippen molar-refractivity contribution in [1.82, 2.24) is 0 Å². The molecule has 0 bridgehead atoms. The number of halogens is 1. The van der Waals surface area contributed by atoms with Gasteiger partial charge in [-0.15, -0.1) is 0 Å². The number of hydrogen-bond acceptors (Lipinski definition) is 3. The molecule has 0 saturated carbocycles. The summed E-state index contributed by atoms with van der Waals surface area (Å²) >= 11 is 4.22. The van der Waals surface area contributed by atoms with Crippen LogP contribution in [0, 0.1) is 5.82 Å². The SMILES string of the molecule is COc1ccc(F)cc1C(S)CN. The number of hydrogen-bond donors (Lipinski definition) is 2. The number of methoxy groups -OCH3 is 1. The van der Waals surface area contributed by atoms with E-state index in [1.807, 2.05) is 0 Å². The van der Waals surface area contributed by atoms with Gasteiger partial charge in [0, 0.05) is 17.4 Å². The molecule has 13 heavy (non-hydrogen) atoms. The summed E-state index contributed by atoms with van der Waals surface area (Å²) in [6.07, 6.45) is 0. The lowest BCUT2D eigenvalue weighted by atomic mass is 10.1. The van der Waals surface area contributed by atoms with Crippen molar-refractivity contribution in [3.05, 3.63) is 29.6 Å². The molecule has 2 N–H and O–H groups in total. The topological polar surface area (TPSA) is 35.2 Å². The minimum absolute atomic E-state index is 0.189. The molecule has 0 saturated heterocycles. The van der Waals surface area contributed by atoms with Crippen LogP contribution in [0.15, 0.2) is 18.2 Å². The van der Waals surface area contributed by atoms with E-state index in [2.05, 4.69) is 12.6 Å². The van der Waals surface area contributed by atoms with E-state index in [9.17, 15) is 4.39 Å². The van der Waals surface area contributed by atoms with Gasteiger partial charge in [-0.3, -0.25) is 0 Å². The van der Waals surface area contributed by atoms with Gasteiger partial charge >= 0.3 is 0 Å². The maximum Gasteiger partial charge on any atom is 0.123 e. The van der Waals surface area contributed by atoms with E-state index >= 15 is 0 Å². The molecular formula is C9H12FNOS. The summed E-state index contributed by atoms with van der Waals surface area (Å²) in [5.74, 6) is 0.315. The summed E-state index contributed by atoms with van der Waals surface area (Å²) in [4.78, 5) is 0. The number of thiol groups is 1. The number of benzene rings is 1. The lowest BCUT2D eigenvalue weighted by Crippen LogP contribution is -2.08. The molecule has 0 aliphatic heterocycles. The minimum atomic E-state index is -0.302. The van der Waals surface area contributed by atoms with Crippen LogP contribution in [0.1, 0.15) is 10.8 Å². The molecule has 0 radical (unpaired) electrons. The molecule has 72 valence electrons. The zero-order chi connectivity index (χ0) is 9.84. The van der Waals surface area contributed by atoms with Crippen molar-refractivity contribution < 1.29 is 9.13 Å². The van der Waals surface area contributed by atoms with E-state index in [0.717, 1.165) is 0 Å². The first kappa shape index (κ1) is 10.3. The summed E-state index contributed by atoms with van der Waals surface area (Å²) in [5, 5.41) is -0.189. The summed E-state index contributed by atoms with van der Waals surface area (Å²) in [7, 11) is 1.54. The van der Waals surface area contributed by atoms with Gasteiger partial charge in [-0.05, 0) is 18.2 Å². The first-order valence-electron chi connectivity index (χ1n) is 3.90. The smallest absolute Gasteiger partial charge is 0.123 e. The van der Waals surface area contributed by atoms with E-state index in [1.54, 1.807) is 6.07 Å². The van der Waals surface area contributed by atoms with Crippen molar-refractivity contribution in [2.75, 3.05) is 13.7 Å². The van der Waals surface area contributed by atoms with Crippen LogP contribution in [0.2, 0.25) is 0 Å². The maximum absolute atomic E-state index is 12.8. The van der Waals surface area contributed by atoms with Gasteiger partial charge in [0.1, 0.15) is 11.6 Å². The Morgan fingerprint density at radius 2 is 2.31 bits per heavy atom. The Bertz CT molecular complexity index is 293. The number of nitrogens with two attached hydrogens (primary N) is 1. The Morgan fingerprint density at radius 1 is 1.62 bits per heavy atom. The third-order valence-corrected chi connectivity index (χ3v) is 2.26. The van der Waals surface area contributed by atoms with Gasteiger partial charge in [-0.2, -0.15) is 12.6 Å². The van der Waals surface area contributed by atoms with Crippen molar-refractivity contribution in [3.63, 3.8) is 0 Å². The average Bonchev–Trinajstić information content (AvgIpc) is 2.16. The van der Waals surface area contributed by atoms with E-state index in [1.165, 1.54) is 19.2 Å². The third kappa shape index (κ3) is 2.35. The van der Waals surface area contributed by atoms with Gasteiger partial charge in [0.05, 0.1) is 7.11 Å². The van der Waals surface area contributed by atoms with Crippen LogP contribution >= 0.6 is 12.6 Å². The minimum Gasteiger partial charge on any atom is -0.496 e. The second-order valence-corrected chi connectivity index (χ2v) is 3.26. The predicted octanol–water partition coefficient (Wildman–Crippen LogP) is 1.76. The second kappa shape index (κ2) is 4.48. The first-order valence-corrected chi connectivity index (χ1v) is 4.42. The second-order valence-electron chi connectivity index (χ2n) is 2.64. The quantitative estimate of drug-likeness (QED) is 0.731. The Kier molecular flexibility index (Phi) is 3.57. The Labute approximate surface area is 82.3 Å². The fraction of sp³-hybridized carbons (Fsp3) is 0.333. The normalized spacial score (nSPS) is 12.6. The molecule has 1 rings (SSSR count). The molecule has 0 fully saturated rings. The first-order chi connectivity index (χ1) is 6.19. The van der Waals surface area contributed by atoms with Crippen molar-refractivity contribution in [1.29, 1.82) is 0 Å². The summed E-state index contributed by atoms with van der Waals surface area (Å²) in [6.45, 7) is 0.350. The molecular weight excluding hydrogens is 189 g/mol. The number of ether oxygens (including phenoxy) is 1. The molecule has 0 heterocycles. The van der Waals surface area contributed by atoms with Crippen LogP contribution in [-0.2, 0) is 0 Å². The fourth-order valence-corrected chi connectivity index (χ4v) is 1.29. The molecule has 2 nitrogen and oxygen atoms in total. The van der Waals surface area contributed by atoms with Crippen molar-refractivity contribution >= 4 is 12.6 Å². The molecule has 1 aromatic carbocycles. The van der Waals surface area contributed by atoms with Crippen LogP contribution in [0.4, 0.5) is 4.39 Å². The lowest BCUT2D eigenvalue weighted by Gasteiger charge is -2.12. The van der Waals surface area contributed by atoms with E-state index < -0.39 is 0 Å². The molecule has 4 heteroatoms. The van der Waals surface area contributed by atoms with Gasteiger partial charge in [0.25, 0.3) is 0 Å². The standard InChI is InChI=1S/C9H12FNOS/c1-12-8-3-2-6(10)4-7(8)9(13)5-11/h2-4,9,13H,5,11H2,1H3. The van der Waals surface area contributed by atoms with Crippen LogP contribution in [0.3, 0.4) is 0 Å². The van der Waals surface area contributed by atoms with Gasteiger partial charge in [-0.25, -0.2) is 4.39 Å². The summed E-state index contributed by atoms with van der Waals surface area (Å²) in [5.41, 5.74) is 6.11. The molecule has 0 spiro atoms. The highest BCUT2D eigenvalue weighted by Crippen LogP contribution is 2.28. The van der Waals surface area contributed by atoms with Crippen molar-refractivity contribution in [2.24, 2.45) is 5.73 Å². The molecule has 0 aliphatic carbocycles. The van der Waals surface area contributed by atoms with Crippen LogP contribution in [0.25, 0.3) is 0 Å². The predicted molar refractivity (Wildman–Crippen MR) is 53.7 cm³/mol. The largest absolute Gasteiger partial charge is 0.496 e. The zero-order valence-electron chi connectivity index (χ0n) is 7.33. The highest BCUT2D eigenvalue weighted by atomic mass is 32.1. The van der Waals surface area contributed by atoms with E-state index in [-0.39, 0.29) is 11.1 Å². The average molecular weight is 201 g/mol. The molecule has 0 amide bonds. The Morgan fingerprint density at radius 3 is 2.85 bits per heavy atom. The maximum atomic E-state index is 12.8. The van der Waals surface area contributed by atoms with Gasteiger partial charge < -0.3 is 10.5 Å². The molecule has 1 atom stereocenters. The number of rotatable bonds is 3. The van der Waals surface area contributed by atoms with Gasteiger partial charge in [-0.1, -0.05) is 0 Å². The Balaban J connectivity index is 3.07. The van der Waals surface area contributed by atoms with E-state index in [4.69, 9.17) is 10.5 Å². The van der Waals surface area contributed by atoms with Gasteiger partial charge in [0.2, 0.25) is 0 Å². The Hall–Kier alpha value is -0.740. The summed E-state index contributed by atoms with van der Waals surface area (Å²) < 4.78 is 17.9. The molecule has 0 aromatic heterocycles. The van der Waals surface area contributed by atoms with Crippen LogP contribution in [0.5, 0.6) is 5.75 Å². The molecule has 0 aliphatic rings. The van der Waals surface area contributed by atoms with E-state index in [0.29, 0.717) is 17.9 Å². The monoisotopic (exact) mass is 201 g/mol. The van der Waals surface area contributed by atoms with Crippen molar-refractivity contribution in [2.45, 2.75) is 5.25 Å². The van der Waals surface area contributed by atoms with Gasteiger partial charge in [0.15, 0.2) is 0 Å². The zero-order valence-corrected chi connectivity index (χ0v) is 8.22. The third-order valence-electron chi connectivity index (χ3n) is 1.77. The fourth-order valence-electron chi connectivity index (χ4n) is 1.09. The van der Waals surface area contributed by atoms with Crippen molar-refractivity contribution in [3.8, 4) is 5.75 Å². The lowest BCUT2D eigenvalue weighted by molar-refractivity contribution is 0.408. The molecule has 1 aromatic rings. The summed E-state index contributed by atoms with van der Waals surface area (Å²) in [6, 6.07) is 4.31.